The summed E-state index contributed by atoms with van der Waals surface area (Å²) < 4.78 is 37.5. The molecule has 1 aliphatic heterocycles. The van der Waals surface area contributed by atoms with E-state index in [4.69, 9.17) is 0 Å². The summed E-state index contributed by atoms with van der Waals surface area (Å²) in [7, 11) is -4.86. The third-order valence-corrected chi connectivity index (χ3v) is 7.24. The van der Waals surface area contributed by atoms with Crippen LogP contribution in [0.25, 0.3) is 0 Å². The molecule has 0 aliphatic carbocycles. The first kappa shape index (κ1) is 34.1. The van der Waals surface area contributed by atoms with Crippen molar-refractivity contribution in [2.24, 2.45) is 11.8 Å². The number of likely N-dealkylation sites (tertiary alicyclic amines) is 1. The van der Waals surface area contributed by atoms with Gasteiger partial charge in [0.25, 0.3) is 10.4 Å². The Morgan fingerprint density at radius 1 is 1.16 bits per heavy atom. The molecule has 2 aromatic rings. The van der Waals surface area contributed by atoms with E-state index in [-0.39, 0.29) is 82.1 Å². The zero-order valence-corrected chi connectivity index (χ0v) is 26.6. The molecule has 9 nitrogen and oxygen atoms in total. The number of aliphatic carboxylic acids is 1. The van der Waals surface area contributed by atoms with E-state index < -0.39 is 28.8 Å². The Kier molecular flexibility index (Phi) is 13.8. The van der Waals surface area contributed by atoms with Gasteiger partial charge in [-0.25, -0.2) is 8.42 Å². The zero-order valence-electron chi connectivity index (χ0n) is 21.8. The van der Waals surface area contributed by atoms with E-state index in [0.717, 1.165) is 17.5 Å². The molecule has 1 saturated heterocycles. The Bertz CT molecular complexity index is 1150. The second-order valence-corrected chi connectivity index (χ2v) is 10.3. The molecule has 1 fully saturated rings. The summed E-state index contributed by atoms with van der Waals surface area (Å²) in [5, 5.41) is 13.3. The first-order valence-corrected chi connectivity index (χ1v) is 12.8. The van der Waals surface area contributed by atoms with Crippen molar-refractivity contribution in [1.29, 1.82) is 0 Å². The van der Waals surface area contributed by atoms with Crippen LogP contribution in [0.5, 0.6) is 5.75 Å². The van der Waals surface area contributed by atoms with Gasteiger partial charge in [-0.05, 0) is 54.0 Å². The number of benzene rings is 2. The number of carbonyl (C=O) groups excluding carboxylic acids is 2. The number of carbonyl (C=O) groups is 2. The largest absolute Gasteiger partial charge is 1.00 e. The Hall–Kier alpha value is -0.950. The summed E-state index contributed by atoms with van der Waals surface area (Å²) in [5.74, 6) is -1.98. The number of carboxylic acid groups (broad SMARTS) is 1. The molecule has 1 heterocycles. The number of amides is 1. The number of hydrogen-bond donors (Lipinski definition) is 1. The van der Waals surface area contributed by atoms with Gasteiger partial charge in [0.2, 0.25) is 5.91 Å². The van der Waals surface area contributed by atoms with Gasteiger partial charge in [0.15, 0.2) is 0 Å². The second kappa shape index (κ2) is 15.0. The van der Waals surface area contributed by atoms with Crippen molar-refractivity contribution in [3.63, 3.8) is 0 Å². The minimum Gasteiger partial charge on any atom is -0.716 e. The van der Waals surface area contributed by atoms with Crippen LogP contribution in [-0.4, -0.2) is 55.9 Å². The predicted octanol–water partition coefficient (Wildman–Crippen LogP) is -5.14. The minimum atomic E-state index is -4.86. The molecular weight excluding hydrogens is 518 g/mol. The van der Waals surface area contributed by atoms with Crippen molar-refractivity contribution >= 4 is 22.3 Å². The smallest absolute Gasteiger partial charge is 0.716 e. The molecule has 37 heavy (non-hydrogen) atoms. The fourth-order valence-corrected chi connectivity index (χ4v) is 5.03. The van der Waals surface area contributed by atoms with Crippen LogP contribution in [0.15, 0.2) is 54.6 Å². The maximum absolute atomic E-state index is 12.8. The van der Waals surface area contributed by atoms with Crippen LogP contribution in [0.3, 0.4) is 0 Å². The van der Waals surface area contributed by atoms with Gasteiger partial charge in [0.1, 0.15) is 5.75 Å². The first-order valence-electron chi connectivity index (χ1n) is 11.5. The summed E-state index contributed by atoms with van der Waals surface area (Å²) in [6.45, 7) is 5.48. The maximum atomic E-state index is 12.8. The number of hydrogen-bond acceptors (Lipinski definition) is 8. The number of piperidine rings is 1. The van der Waals surface area contributed by atoms with Gasteiger partial charge >= 0.3 is 59.1 Å². The van der Waals surface area contributed by atoms with E-state index >= 15 is 0 Å². The average Bonchev–Trinajstić information content (AvgIpc) is 2.79. The van der Waals surface area contributed by atoms with Gasteiger partial charge in [-0.1, -0.05) is 56.3 Å². The topological polar surface area (TPSA) is 139 Å². The van der Waals surface area contributed by atoms with Crippen molar-refractivity contribution < 1.29 is 91.0 Å². The van der Waals surface area contributed by atoms with Gasteiger partial charge < -0.3 is 28.9 Å². The van der Waals surface area contributed by atoms with Crippen molar-refractivity contribution in [2.45, 2.75) is 32.1 Å². The number of nitrogens with zero attached hydrogens (tertiary/aromatic N) is 1. The Balaban J connectivity index is 0.00000342. The van der Waals surface area contributed by atoms with Crippen LogP contribution < -0.4 is 73.7 Å². The van der Waals surface area contributed by atoms with Crippen LogP contribution >= 0.6 is 0 Å². The molecular formula is C25H30N2Na2O7S. The molecule has 3 rings (SSSR count). The van der Waals surface area contributed by atoms with Crippen molar-refractivity contribution in [3.05, 3.63) is 65.7 Å². The van der Waals surface area contributed by atoms with Crippen molar-refractivity contribution in [1.82, 2.24) is 10.2 Å². The SMILES string of the molecule is C[C@H]1CN(C[C@H](Cc2ccccc2)C(=O)NCC(=O)[O-])CC[C@]1(C)c1cccc(OS(=O)(=O)[O-])c1.[Na+].[Na+]. The van der Waals surface area contributed by atoms with Crippen molar-refractivity contribution in [3.8, 4) is 5.75 Å². The summed E-state index contributed by atoms with van der Waals surface area (Å²) >= 11 is 0. The van der Waals surface area contributed by atoms with Crippen molar-refractivity contribution in [2.75, 3.05) is 26.2 Å². The molecule has 0 unspecified atom stereocenters. The molecule has 0 saturated carbocycles. The Morgan fingerprint density at radius 2 is 1.84 bits per heavy atom. The summed E-state index contributed by atoms with van der Waals surface area (Å²) in [4.78, 5) is 25.8. The molecule has 1 aliphatic rings. The standard InChI is InChI=1S/C25H32N2O7S.2Na/c1-18-16-27(12-11-25(18,2)21-9-6-10-22(14-21)34-35(31,32)33)17-20(24(30)26-15-23(28)29)13-19-7-4-3-5-8-19;;/h3-10,14,18,20H,11-13,15-17H2,1-2H3,(H,26,30)(H,28,29)(H,31,32,33);;/q;2*+1/p-2/t18-,20-,25-;;/m0../s1. The Morgan fingerprint density at radius 3 is 2.43 bits per heavy atom. The van der Waals surface area contributed by atoms with E-state index in [1.54, 1.807) is 12.1 Å². The Labute approximate surface area is 262 Å². The number of rotatable bonds is 10. The van der Waals surface area contributed by atoms with E-state index in [1.807, 2.05) is 36.4 Å². The molecule has 12 heteroatoms. The predicted molar refractivity (Wildman–Crippen MR) is 126 cm³/mol. The number of nitrogens with one attached hydrogen (secondary N) is 1. The molecule has 190 valence electrons. The molecule has 3 atom stereocenters. The minimum absolute atomic E-state index is 0. The average molecular weight is 549 g/mol. The zero-order chi connectivity index (χ0) is 25.6. The molecule has 0 bridgehead atoms. The quantitative estimate of drug-likeness (QED) is 0.177. The summed E-state index contributed by atoms with van der Waals surface area (Å²) in [5.41, 5.74) is 1.56. The summed E-state index contributed by atoms with van der Waals surface area (Å²) in [6.07, 6.45) is 1.21. The van der Waals surface area contributed by atoms with Gasteiger partial charge in [-0.15, -0.1) is 0 Å². The first-order chi connectivity index (χ1) is 16.5. The fourth-order valence-electron chi connectivity index (χ4n) is 4.69. The van der Waals surface area contributed by atoms with E-state index in [9.17, 15) is 27.7 Å². The van der Waals surface area contributed by atoms with E-state index in [0.29, 0.717) is 26.1 Å². The maximum Gasteiger partial charge on any atom is 1.00 e. The van der Waals surface area contributed by atoms with Crippen LogP contribution in [0, 0.1) is 11.8 Å². The normalized spacial score (nSPS) is 20.6. The van der Waals surface area contributed by atoms with E-state index in [2.05, 4.69) is 28.2 Å². The van der Waals surface area contributed by atoms with Gasteiger partial charge in [0, 0.05) is 13.1 Å². The number of carboxylic acids is 1. The second-order valence-electron chi connectivity index (χ2n) is 9.32. The van der Waals surface area contributed by atoms with E-state index in [1.165, 1.54) is 6.07 Å². The third kappa shape index (κ3) is 10.3. The molecule has 2 aromatic carbocycles. The van der Waals surface area contributed by atoms with Gasteiger partial charge in [-0.2, -0.15) is 0 Å². The van der Waals surface area contributed by atoms with Crippen LogP contribution in [0.4, 0.5) is 0 Å². The molecule has 1 N–H and O–H groups in total. The molecule has 0 aromatic heterocycles. The van der Waals surface area contributed by atoms with Gasteiger partial charge in [0.05, 0.1) is 18.4 Å². The van der Waals surface area contributed by atoms with Gasteiger partial charge in [-0.3, -0.25) is 4.79 Å². The third-order valence-electron chi connectivity index (χ3n) is 6.84. The molecule has 1 amide bonds. The molecule has 0 spiro atoms. The fraction of sp³-hybridized carbons (Fsp3) is 0.440. The summed E-state index contributed by atoms with van der Waals surface area (Å²) in [6, 6.07) is 16.1. The van der Waals surface area contributed by atoms with Crippen LogP contribution in [0.1, 0.15) is 31.4 Å². The van der Waals surface area contributed by atoms with Crippen LogP contribution in [0.2, 0.25) is 0 Å². The molecule has 0 radical (unpaired) electrons. The van der Waals surface area contributed by atoms with Crippen LogP contribution in [-0.2, 0) is 31.8 Å². The monoisotopic (exact) mass is 548 g/mol.